The molecule has 1 aromatic carbocycles. The molecule has 2 N–H and O–H groups in total. The Morgan fingerprint density at radius 2 is 2.22 bits per heavy atom. The van der Waals surface area contributed by atoms with Gasteiger partial charge in [0.25, 0.3) is 0 Å². The molecular formula is C16H21BO6. The SMILES string of the molecule is COC(C)CCC(=O)C[C@H]1Cc2cccc(C(=O)O)c2OB1O. The van der Waals surface area contributed by atoms with Gasteiger partial charge in [-0.05, 0) is 31.4 Å². The van der Waals surface area contributed by atoms with Gasteiger partial charge in [0.1, 0.15) is 11.5 Å². The summed E-state index contributed by atoms with van der Waals surface area (Å²) in [5.41, 5.74) is 0.735. The van der Waals surface area contributed by atoms with Crippen LogP contribution in [0.5, 0.6) is 5.75 Å². The summed E-state index contributed by atoms with van der Waals surface area (Å²) in [5, 5.41) is 19.3. The Labute approximate surface area is 135 Å². The highest BCUT2D eigenvalue weighted by Gasteiger charge is 2.37. The third-order valence-electron chi connectivity index (χ3n) is 4.17. The van der Waals surface area contributed by atoms with E-state index >= 15 is 0 Å². The highest BCUT2D eigenvalue weighted by molar-refractivity contribution is 6.47. The maximum absolute atomic E-state index is 12.0. The fraction of sp³-hybridized carbons (Fsp3) is 0.500. The highest BCUT2D eigenvalue weighted by atomic mass is 16.5. The number of carbonyl (C=O) groups excluding carboxylic acids is 1. The zero-order chi connectivity index (χ0) is 17.0. The predicted octanol–water partition coefficient (Wildman–Crippen LogP) is 1.94. The number of ketones is 1. The topological polar surface area (TPSA) is 93.1 Å². The van der Waals surface area contributed by atoms with E-state index < -0.39 is 13.1 Å². The number of rotatable bonds is 7. The quantitative estimate of drug-likeness (QED) is 0.746. The van der Waals surface area contributed by atoms with E-state index in [1.165, 1.54) is 6.07 Å². The molecule has 6 nitrogen and oxygen atoms in total. The molecule has 1 unspecified atom stereocenters. The smallest absolute Gasteiger partial charge is 0.526 e. The van der Waals surface area contributed by atoms with Gasteiger partial charge in [0.2, 0.25) is 0 Å². The van der Waals surface area contributed by atoms with Crippen molar-refractivity contribution in [2.45, 2.75) is 44.5 Å². The first kappa shape index (κ1) is 17.5. The molecule has 7 heteroatoms. The van der Waals surface area contributed by atoms with Gasteiger partial charge in [-0.1, -0.05) is 12.1 Å². The third kappa shape index (κ3) is 4.33. The van der Waals surface area contributed by atoms with Crippen molar-refractivity contribution >= 4 is 18.9 Å². The minimum atomic E-state index is -1.17. The van der Waals surface area contributed by atoms with Crippen LogP contribution in [0.3, 0.4) is 0 Å². The third-order valence-corrected chi connectivity index (χ3v) is 4.17. The van der Waals surface area contributed by atoms with Crippen molar-refractivity contribution in [1.82, 2.24) is 0 Å². The molecule has 0 saturated carbocycles. The molecule has 0 bridgehead atoms. The first-order valence-electron chi connectivity index (χ1n) is 7.66. The van der Waals surface area contributed by atoms with Crippen molar-refractivity contribution in [3.63, 3.8) is 0 Å². The number of ether oxygens (including phenoxy) is 1. The van der Waals surface area contributed by atoms with E-state index in [1.54, 1.807) is 19.2 Å². The Kier molecular flexibility index (Phi) is 5.79. The van der Waals surface area contributed by atoms with Crippen LogP contribution in [0, 0.1) is 0 Å². The molecule has 0 amide bonds. The van der Waals surface area contributed by atoms with E-state index in [-0.39, 0.29) is 35.4 Å². The molecule has 0 radical (unpaired) electrons. The molecule has 1 aliphatic rings. The lowest BCUT2D eigenvalue weighted by Crippen LogP contribution is -2.35. The molecule has 1 heterocycles. The molecule has 124 valence electrons. The molecule has 0 aromatic heterocycles. The summed E-state index contributed by atoms with van der Waals surface area (Å²) < 4.78 is 10.5. The van der Waals surface area contributed by atoms with Crippen molar-refractivity contribution in [3.05, 3.63) is 29.3 Å². The predicted molar refractivity (Wildman–Crippen MR) is 84.8 cm³/mol. The first-order valence-corrected chi connectivity index (χ1v) is 7.66. The van der Waals surface area contributed by atoms with Gasteiger partial charge in [0.05, 0.1) is 11.7 Å². The Bertz CT molecular complexity index is 588. The number of carbonyl (C=O) groups is 2. The van der Waals surface area contributed by atoms with Crippen molar-refractivity contribution in [1.29, 1.82) is 0 Å². The maximum Gasteiger partial charge on any atom is 0.526 e. The number of Topliss-reactive ketones (excluding diaryl/α,β-unsaturated/α-hetero) is 1. The summed E-state index contributed by atoms with van der Waals surface area (Å²) in [7, 11) is 0.428. The molecule has 23 heavy (non-hydrogen) atoms. The number of methoxy groups -OCH3 is 1. The van der Waals surface area contributed by atoms with E-state index in [4.69, 9.17) is 14.5 Å². The summed E-state index contributed by atoms with van der Waals surface area (Å²) in [5.74, 6) is -1.22. The summed E-state index contributed by atoms with van der Waals surface area (Å²) in [6.07, 6.45) is 1.67. The largest absolute Gasteiger partial charge is 0.535 e. The molecule has 0 saturated heterocycles. The lowest BCUT2D eigenvalue weighted by molar-refractivity contribution is -0.119. The number of hydrogen-bond donors (Lipinski definition) is 2. The average molecular weight is 320 g/mol. The Balaban J connectivity index is 2.03. The van der Waals surface area contributed by atoms with Crippen LogP contribution < -0.4 is 4.65 Å². The summed E-state index contributed by atoms with van der Waals surface area (Å²) in [6, 6.07) is 4.84. The van der Waals surface area contributed by atoms with Crippen LogP contribution in [0.25, 0.3) is 0 Å². The monoisotopic (exact) mass is 320 g/mol. The zero-order valence-electron chi connectivity index (χ0n) is 13.3. The van der Waals surface area contributed by atoms with Crippen LogP contribution in [-0.4, -0.2) is 42.2 Å². The van der Waals surface area contributed by atoms with Gasteiger partial charge in [-0.2, -0.15) is 0 Å². The molecule has 1 aromatic rings. The summed E-state index contributed by atoms with van der Waals surface area (Å²) >= 11 is 0. The molecule has 2 atom stereocenters. The number of fused-ring (bicyclic) bond motifs is 1. The van der Waals surface area contributed by atoms with Gasteiger partial charge < -0.3 is 19.5 Å². The number of carboxylic acid groups (broad SMARTS) is 1. The van der Waals surface area contributed by atoms with E-state index in [0.29, 0.717) is 24.8 Å². The van der Waals surface area contributed by atoms with Crippen molar-refractivity contribution in [3.8, 4) is 5.75 Å². The number of benzene rings is 1. The molecule has 0 spiro atoms. The molecular weight excluding hydrogens is 299 g/mol. The van der Waals surface area contributed by atoms with Crippen LogP contribution in [-0.2, 0) is 16.0 Å². The molecule has 0 aliphatic carbocycles. The van der Waals surface area contributed by atoms with Crippen LogP contribution in [0.15, 0.2) is 18.2 Å². The van der Waals surface area contributed by atoms with Crippen LogP contribution >= 0.6 is 0 Å². The maximum atomic E-state index is 12.0. The zero-order valence-corrected chi connectivity index (χ0v) is 13.3. The standard InChI is InChI=1S/C16H21BO6/c1-10(22-2)6-7-13(18)9-12-8-11-4-3-5-14(16(19)20)15(11)23-17(12)21/h3-5,10,12,21H,6-9H2,1-2H3,(H,19,20)/t10?,12-/m1/s1. The number of hydrogen-bond acceptors (Lipinski definition) is 5. The Morgan fingerprint density at radius 1 is 1.48 bits per heavy atom. The van der Waals surface area contributed by atoms with E-state index in [0.717, 1.165) is 0 Å². The van der Waals surface area contributed by atoms with Crippen molar-refractivity contribution in [2.75, 3.05) is 7.11 Å². The number of aromatic carboxylic acids is 1. The Hall–Kier alpha value is -1.86. The van der Waals surface area contributed by atoms with Crippen LogP contribution in [0.2, 0.25) is 5.82 Å². The number of carboxylic acids is 1. The second kappa shape index (κ2) is 7.61. The first-order chi connectivity index (χ1) is 10.9. The van der Waals surface area contributed by atoms with Crippen molar-refractivity contribution < 1.29 is 29.1 Å². The molecule has 1 aliphatic heterocycles. The van der Waals surface area contributed by atoms with Crippen molar-refractivity contribution in [2.24, 2.45) is 0 Å². The lowest BCUT2D eigenvalue weighted by atomic mass is 9.64. The normalized spacial score (nSPS) is 18.0. The van der Waals surface area contributed by atoms with Crippen LogP contribution in [0.1, 0.15) is 42.1 Å². The van der Waals surface area contributed by atoms with Gasteiger partial charge in [-0.15, -0.1) is 0 Å². The van der Waals surface area contributed by atoms with Gasteiger partial charge in [0.15, 0.2) is 0 Å². The van der Waals surface area contributed by atoms with E-state index in [2.05, 4.69) is 0 Å². The van der Waals surface area contributed by atoms with Crippen LogP contribution in [0.4, 0.5) is 0 Å². The number of para-hydroxylation sites is 1. The second-order valence-electron chi connectivity index (χ2n) is 5.90. The summed E-state index contributed by atoms with van der Waals surface area (Å²) in [4.78, 5) is 23.2. The Morgan fingerprint density at radius 3 is 2.87 bits per heavy atom. The highest BCUT2D eigenvalue weighted by Crippen LogP contribution is 2.36. The van der Waals surface area contributed by atoms with E-state index in [1.807, 2.05) is 6.92 Å². The van der Waals surface area contributed by atoms with Gasteiger partial charge >= 0.3 is 13.1 Å². The fourth-order valence-electron chi connectivity index (χ4n) is 2.70. The second-order valence-corrected chi connectivity index (χ2v) is 5.90. The minimum absolute atomic E-state index is 0.0188. The average Bonchev–Trinajstić information content (AvgIpc) is 2.52. The minimum Gasteiger partial charge on any atom is -0.535 e. The van der Waals surface area contributed by atoms with E-state index in [9.17, 15) is 14.6 Å². The van der Waals surface area contributed by atoms with Gasteiger partial charge in [-0.3, -0.25) is 4.79 Å². The fourth-order valence-corrected chi connectivity index (χ4v) is 2.70. The molecule has 0 fully saturated rings. The summed E-state index contributed by atoms with van der Waals surface area (Å²) in [6.45, 7) is 1.90. The molecule has 2 rings (SSSR count). The van der Waals surface area contributed by atoms with Gasteiger partial charge in [-0.25, -0.2) is 4.79 Å². The van der Waals surface area contributed by atoms with Gasteiger partial charge in [0, 0.05) is 25.8 Å². The lowest BCUT2D eigenvalue weighted by Gasteiger charge is -2.28.